The lowest BCUT2D eigenvalue weighted by atomic mass is 10.1. The van der Waals surface area contributed by atoms with Crippen molar-refractivity contribution in [3.05, 3.63) is 90.0 Å². The van der Waals surface area contributed by atoms with Gasteiger partial charge in [-0.25, -0.2) is 9.59 Å². The molecule has 0 aliphatic heterocycles. The first-order valence-corrected chi connectivity index (χ1v) is 10.6. The second kappa shape index (κ2) is 11.7. The Morgan fingerprint density at radius 1 is 0.938 bits per heavy atom. The Morgan fingerprint density at radius 2 is 1.62 bits per heavy atom. The molecule has 3 N–H and O–H groups in total. The summed E-state index contributed by atoms with van der Waals surface area (Å²) in [5.41, 5.74) is 8.05. The van der Waals surface area contributed by atoms with Gasteiger partial charge in [0.05, 0.1) is 24.0 Å². The van der Waals surface area contributed by atoms with Crippen molar-refractivity contribution < 1.29 is 23.2 Å². The number of nitrogen functional groups attached to an aromatic ring is 1. The van der Waals surface area contributed by atoms with E-state index in [-0.39, 0.29) is 13.0 Å². The van der Waals surface area contributed by atoms with E-state index in [1.165, 1.54) is 0 Å². The molecule has 1 atom stereocenters. The van der Waals surface area contributed by atoms with Crippen LogP contribution in [0.1, 0.15) is 11.1 Å². The van der Waals surface area contributed by atoms with Gasteiger partial charge in [-0.05, 0) is 35.4 Å². The predicted octanol–water partition coefficient (Wildman–Crippen LogP) is 4.37. The van der Waals surface area contributed by atoms with Crippen LogP contribution in [-0.2, 0) is 26.7 Å². The van der Waals surface area contributed by atoms with Crippen molar-refractivity contribution in [1.82, 2.24) is 5.32 Å². The third-order valence-electron chi connectivity index (χ3n) is 4.52. The van der Waals surface area contributed by atoms with Gasteiger partial charge in [0.15, 0.2) is 0 Å². The van der Waals surface area contributed by atoms with Gasteiger partial charge in [0.25, 0.3) is 0 Å². The monoisotopic (exact) mass is 452 g/mol. The first-order valence-electron chi connectivity index (χ1n) is 9.88. The summed E-state index contributed by atoms with van der Waals surface area (Å²) < 4.78 is 15.8. The van der Waals surface area contributed by atoms with E-state index in [1.807, 2.05) is 42.5 Å². The van der Waals surface area contributed by atoms with E-state index in [0.29, 0.717) is 16.3 Å². The maximum atomic E-state index is 12.8. The Balaban J connectivity index is 1.65. The second-order valence-corrected chi connectivity index (χ2v) is 7.61. The first kappa shape index (κ1) is 23.0. The molecule has 0 unspecified atom stereocenters. The molecule has 0 aromatic heterocycles. The van der Waals surface area contributed by atoms with Gasteiger partial charge >= 0.3 is 12.1 Å². The highest BCUT2D eigenvalue weighted by molar-refractivity contribution is 7.95. The zero-order chi connectivity index (χ0) is 22.8. The molecule has 0 aliphatic carbocycles. The van der Waals surface area contributed by atoms with Gasteiger partial charge in [-0.2, -0.15) is 0 Å². The minimum absolute atomic E-state index is 0.0896. The lowest BCUT2D eigenvalue weighted by Gasteiger charge is -2.17. The van der Waals surface area contributed by atoms with Crippen LogP contribution in [0, 0.1) is 0 Å². The Hall–Kier alpha value is -3.65. The second-order valence-electron chi connectivity index (χ2n) is 6.83. The summed E-state index contributed by atoms with van der Waals surface area (Å²) in [6, 6.07) is 22.6. The molecule has 0 heterocycles. The molecule has 0 bridgehead atoms. The molecular formula is C24H24N2O5S. The number of hydrogen-bond donors (Lipinski definition) is 2. The topological polar surface area (TPSA) is 99.9 Å². The highest BCUT2D eigenvalue weighted by Crippen LogP contribution is 2.26. The number of para-hydroxylation sites is 1. The number of benzene rings is 3. The van der Waals surface area contributed by atoms with Gasteiger partial charge in [-0.3, -0.25) is 0 Å². The third kappa shape index (κ3) is 6.95. The van der Waals surface area contributed by atoms with Crippen LogP contribution in [0.15, 0.2) is 83.8 Å². The zero-order valence-corrected chi connectivity index (χ0v) is 18.3. The fourth-order valence-corrected chi connectivity index (χ4v) is 3.38. The Bertz CT molecular complexity index is 1030. The number of nitrogens with one attached hydrogen (secondary N) is 1. The van der Waals surface area contributed by atoms with Crippen LogP contribution in [-0.4, -0.2) is 25.2 Å². The van der Waals surface area contributed by atoms with Crippen LogP contribution in [0.2, 0.25) is 0 Å². The van der Waals surface area contributed by atoms with Crippen molar-refractivity contribution in [2.75, 3.05) is 12.8 Å². The van der Waals surface area contributed by atoms with Crippen LogP contribution in [0.3, 0.4) is 0 Å². The highest BCUT2D eigenvalue weighted by atomic mass is 32.2. The summed E-state index contributed by atoms with van der Waals surface area (Å²) in [6.45, 7) is 0.0896. The van der Waals surface area contributed by atoms with Crippen LogP contribution in [0.25, 0.3) is 0 Å². The summed E-state index contributed by atoms with van der Waals surface area (Å²) in [5.74, 6) is 0.0731. The summed E-state index contributed by atoms with van der Waals surface area (Å²) in [7, 11) is 1.58. The summed E-state index contributed by atoms with van der Waals surface area (Å²) in [5, 5.41) is 2.60. The van der Waals surface area contributed by atoms with Gasteiger partial charge < -0.3 is 24.7 Å². The molecule has 32 heavy (non-hydrogen) atoms. The molecule has 0 saturated heterocycles. The lowest BCUT2D eigenvalue weighted by molar-refractivity contribution is -0.135. The Kier molecular flexibility index (Phi) is 8.39. The first-order chi connectivity index (χ1) is 15.5. The quantitative estimate of drug-likeness (QED) is 0.367. The molecular weight excluding hydrogens is 428 g/mol. The normalized spacial score (nSPS) is 11.3. The number of ether oxygens (including phenoxy) is 2. The van der Waals surface area contributed by atoms with Crippen molar-refractivity contribution in [2.24, 2.45) is 0 Å². The zero-order valence-electron chi connectivity index (χ0n) is 17.5. The summed E-state index contributed by atoms with van der Waals surface area (Å²) in [6.07, 6.45) is -0.498. The van der Waals surface area contributed by atoms with E-state index < -0.39 is 18.1 Å². The standard InChI is InChI=1S/C24H24N2O5S/c1-29-19-13-11-17(12-14-19)15-21(23(27)31-32-22-10-6-5-9-20(22)25)26-24(28)30-16-18-7-3-2-4-8-18/h2-14,21H,15-16,25H2,1H3,(H,26,28)/t21-/m0/s1. The van der Waals surface area contributed by atoms with Gasteiger partial charge in [-0.15, -0.1) is 0 Å². The molecule has 7 nitrogen and oxygen atoms in total. The molecule has 3 aromatic rings. The number of hydrogen-bond acceptors (Lipinski definition) is 7. The maximum absolute atomic E-state index is 12.8. The van der Waals surface area contributed by atoms with Gasteiger partial charge in [0.2, 0.25) is 0 Å². The van der Waals surface area contributed by atoms with E-state index in [2.05, 4.69) is 5.32 Å². The average molecular weight is 453 g/mol. The molecule has 3 aromatic carbocycles. The summed E-state index contributed by atoms with van der Waals surface area (Å²) >= 11 is 0.851. The number of nitrogens with two attached hydrogens (primary N) is 1. The number of rotatable bonds is 9. The third-order valence-corrected chi connectivity index (χ3v) is 5.32. The van der Waals surface area contributed by atoms with Gasteiger partial charge in [-0.1, -0.05) is 54.6 Å². The SMILES string of the molecule is COc1ccc(C[C@H](NC(=O)OCc2ccccc2)C(=O)OSc2ccccc2N)cc1. The van der Waals surface area contributed by atoms with Crippen molar-refractivity contribution in [3.8, 4) is 5.75 Å². The molecule has 0 spiro atoms. The van der Waals surface area contributed by atoms with Crippen molar-refractivity contribution >= 4 is 29.8 Å². The van der Waals surface area contributed by atoms with E-state index >= 15 is 0 Å². The van der Waals surface area contributed by atoms with Gasteiger partial charge in [0, 0.05) is 12.1 Å². The minimum Gasteiger partial charge on any atom is -0.497 e. The molecule has 0 aliphatic rings. The number of amides is 1. The predicted molar refractivity (Wildman–Crippen MR) is 123 cm³/mol. The van der Waals surface area contributed by atoms with Crippen LogP contribution in [0.5, 0.6) is 5.75 Å². The fourth-order valence-electron chi connectivity index (χ4n) is 2.80. The molecule has 3 rings (SSSR count). The Labute approximate surface area is 191 Å². The van der Waals surface area contributed by atoms with Crippen molar-refractivity contribution in [1.29, 1.82) is 0 Å². The van der Waals surface area contributed by atoms with Crippen LogP contribution in [0.4, 0.5) is 10.5 Å². The van der Waals surface area contributed by atoms with Crippen molar-refractivity contribution in [2.45, 2.75) is 24.0 Å². The molecule has 1 amide bonds. The highest BCUT2D eigenvalue weighted by Gasteiger charge is 2.25. The lowest BCUT2D eigenvalue weighted by Crippen LogP contribution is -2.43. The number of carbonyl (C=O) groups is 2. The largest absolute Gasteiger partial charge is 0.497 e. The van der Waals surface area contributed by atoms with E-state index in [9.17, 15) is 9.59 Å². The van der Waals surface area contributed by atoms with E-state index in [1.54, 1.807) is 43.5 Å². The Morgan fingerprint density at radius 3 is 2.31 bits per heavy atom. The smallest absolute Gasteiger partial charge is 0.408 e. The minimum atomic E-state index is -0.955. The molecule has 8 heteroatoms. The van der Waals surface area contributed by atoms with Crippen LogP contribution < -0.4 is 15.8 Å². The fraction of sp³-hybridized carbons (Fsp3) is 0.167. The van der Waals surface area contributed by atoms with E-state index in [0.717, 1.165) is 23.2 Å². The molecule has 0 radical (unpaired) electrons. The number of carbonyl (C=O) groups excluding carboxylic acids is 2. The molecule has 0 saturated carbocycles. The maximum Gasteiger partial charge on any atom is 0.408 e. The van der Waals surface area contributed by atoms with Crippen molar-refractivity contribution in [3.63, 3.8) is 0 Å². The average Bonchev–Trinajstić information content (AvgIpc) is 2.83. The number of methoxy groups -OCH3 is 1. The van der Waals surface area contributed by atoms with E-state index in [4.69, 9.17) is 19.4 Å². The summed E-state index contributed by atoms with van der Waals surface area (Å²) in [4.78, 5) is 25.8. The van der Waals surface area contributed by atoms with Crippen LogP contribution >= 0.6 is 12.0 Å². The van der Waals surface area contributed by atoms with Gasteiger partial charge in [0.1, 0.15) is 18.4 Å². The number of alkyl carbamates (subject to hydrolysis) is 1. The molecule has 166 valence electrons. The number of anilines is 1. The molecule has 0 fully saturated rings.